The highest BCUT2D eigenvalue weighted by atomic mass is 16.5. The number of nitrogens with zero attached hydrogens (tertiary/aromatic N) is 1. The lowest BCUT2D eigenvalue weighted by Gasteiger charge is -2.19. The number of amides is 6. The van der Waals surface area contributed by atoms with E-state index in [1.54, 1.807) is 30.5 Å². The van der Waals surface area contributed by atoms with Gasteiger partial charge in [-0.05, 0) is 139 Å². The van der Waals surface area contributed by atoms with Crippen molar-refractivity contribution >= 4 is 88.2 Å². The van der Waals surface area contributed by atoms with E-state index in [1.165, 1.54) is 37.5 Å². The van der Waals surface area contributed by atoms with E-state index < -0.39 is 53.7 Å². The van der Waals surface area contributed by atoms with Crippen molar-refractivity contribution < 1.29 is 140 Å². The standard InChI is InChI=1S/C91H140N8O29/c1-68(100)71(22-14-16-42-93-86(109)65-126-59-55-122-51-45-96-87(110)66-125-58-52-119-46-20-24-74(101)34-39-79(90(115)116)98-83(106)26-12-8-4-2-6-10-18-48-127-77-35-28-69(29-36-77)88(111)112)61-81(104)72(60-75(102)33-32-73-62-92-67-97-73)23-15-17-43-94-85(108)64-124-57-53-120-47-21-25-76(103)63-123-56-54-121-50-44-95-82(105)41-40-80(91(117)118)99-84(107)27-13-9-5-3-7-11-19-49-128-78-37-30-70(31-38-78)89(113)114/h28-31,35-38,62,67,71-72,79-80H,2-27,32-34,39-61,63-66H2,1H3,(H,92,97)(H,93,109)(H,94,108)(H,95,105)(H,96,110)(H,98,106)(H,99,107)(H,111,112)(H,113,114)(H,115,116)(H,117,118)/t71-,72-,79+,80+/m1/s1. The first kappa shape index (κ1) is 112. The number of unbranched alkanes of at least 4 members (excludes halogenated alkanes) is 14. The number of Topliss-reactive ketones (excluding diaryl/α,β-unsaturated/α-hetero) is 5. The van der Waals surface area contributed by atoms with Crippen LogP contribution >= 0.6 is 0 Å². The van der Waals surface area contributed by atoms with Crippen LogP contribution in [0.3, 0.4) is 0 Å². The first-order chi connectivity index (χ1) is 61.9. The Kier molecular flexibility index (Phi) is 64.7. The molecule has 0 unspecified atom stereocenters. The van der Waals surface area contributed by atoms with Crippen molar-refractivity contribution in [2.24, 2.45) is 11.8 Å². The van der Waals surface area contributed by atoms with Gasteiger partial charge in [0.25, 0.3) is 0 Å². The zero-order chi connectivity index (χ0) is 93.3. The summed E-state index contributed by atoms with van der Waals surface area (Å²) in [6, 6.07) is 10.2. The van der Waals surface area contributed by atoms with Gasteiger partial charge < -0.3 is 105 Å². The van der Waals surface area contributed by atoms with Gasteiger partial charge in [-0.1, -0.05) is 77.0 Å². The summed E-state index contributed by atoms with van der Waals surface area (Å²) in [5, 5.41) is 53.2. The second kappa shape index (κ2) is 73.8. The van der Waals surface area contributed by atoms with Crippen LogP contribution in [0, 0.1) is 11.8 Å². The number of rotatable bonds is 87. The summed E-state index contributed by atoms with van der Waals surface area (Å²) in [6.07, 6.45) is 20.5. The Morgan fingerprint density at radius 2 is 0.734 bits per heavy atom. The summed E-state index contributed by atoms with van der Waals surface area (Å²) in [4.78, 5) is 192. The van der Waals surface area contributed by atoms with E-state index in [9.17, 15) is 82.1 Å². The zero-order valence-corrected chi connectivity index (χ0v) is 74.6. The van der Waals surface area contributed by atoms with Crippen LogP contribution in [0.25, 0.3) is 0 Å². The molecule has 0 aliphatic carbocycles. The highest BCUT2D eigenvalue weighted by molar-refractivity contribution is 5.92. The Labute approximate surface area is 750 Å². The first-order valence-electron chi connectivity index (χ1n) is 45.1. The molecule has 4 atom stereocenters. The number of nitrogens with one attached hydrogen (secondary N) is 7. The van der Waals surface area contributed by atoms with Crippen LogP contribution in [0.2, 0.25) is 0 Å². The zero-order valence-electron chi connectivity index (χ0n) is 74.6. The van der Waals surface area contributed by atoms with Gasteiger partial charge in [-0.3, -0.25) is 52.7 Å². The lowest BCUT2D eigenvalue weighted by molar-refractivity contribution is -0.142. The average Bonchev–Trinajstić information content (AvgIpc) is 1.11. The molecule has 3 aromatic rings. The number of hydrogen-bond donors (Lipinski definition) is 11. The second-order valence-electron chi connectivity index (χ2n) is 31.1. The summed E-state index contributed by atoms with van der Waals surface area (Å²) >= 11 is 0. The smallest absolute Gasteiger partial charge is 0.335 e. The third kappa shape index (κ3) is 61.4. The van der Waals surface area contributed by atoms with Crippen molar-refractivity contribution in [1.29, 1.82) is 0 Å². The number of ether oxygens (including phenoxy) is 10. The number of imidazole rings is 1. The Bertz CT molecular complexity index is 3660. The average molecular weight is 1810 g/mol. The fraction of sp³-hybridized carbons (Fsp3) is 0.670. The molecule has 128 heavy (non-hydrogen) atoms. The van der Waals surface area contributed by atoms with Crippen molar-refractivity contribution in [2.75, 3.05) is 145 Å². The summed E-state index contributed by atoms with van der Waals surface area (Å²) in [6.45, 7) is 4.90. The molecular weight excluding hydrogens is 1670 g/mol. The predicted octanol–water partition coefficient (Wildman–Crippen LogP) is 8.21. The minimum atomic E-state index is -1.23. The Balaban J connectivity index is 1.11. The van der Waals surface area contributed by atoms with E-state index in [1.807, 2.05) is 0 Å². The van der Waals surface area contributed by atoms with Crippen molar-refractivity contribution in [2.45, 2.75) is 237 Å². The number of carboxylic acid groups (broad SMARTS) is 4. The molecule has 0 radical (unpaired) electrons. The fourth-order valence-electron chi connectivity index (χ4n) is 13.0. The van der Waals surface area contributed by atoms with Crippen molar-refractivity contribution in [3.63, 3.8) is 0 Å². The number of carbonyl (C=O) groups is 15. The van der Waals surface area contributed by atoms with Crippen LogP contribution in [0.4, 0.5) is 0 Å². The predicted molar refractivity (Wildman–Crippen MR) is 468 cm³/mol. The second-order valence-corrected chi connectivity index (χ2v) is 31.1. The van der Waals surface area contributed by atoms with Crippen LogP contribution < -0.4 is 41.4 Å². The lowest BCUT2D eigenvalue weighted by Crippen LogP contribution is -2.41. The molecule has 11 N–H and O–H groups in total. The number of benzene rings is 2. The number of carboxylic acids is 4. The molecule has 0 fully saturated rings. The quantitative estimate of drug-likeness (QED) is 0.0237. The maximum atomic E-state index is 13.9. The summed E-state index contributed by atoms with van der Waals surface area (Å²) in [5.74, 6) is -7.27. The van der Waals surface area contributed by atoms with Gasteiger partial charge >= 0.3 is 23.9 Å². The summed E-state index contributed by atoms with van der Waals surface area (Å²) in [5.41, 5.74) is 1.19. The van der Waals surface area contributed by atoms with Gasteiger partial charge in [0, 0.05) is 121 Å². The van der Waals surface area contributed by atoms with Gasteiger partial charge in [-0.15, -0.1) is 0 Å². The van der Waals surface area contributed by atoms with Crippen molar-refractivity contribution in [1.82, 2.24) is 41.9 Å². The number of aliphatic carboxylic acids is 2. The highest BCUT2D eigenvalue weighted by Crippen LogP contribution is 2.24. The molecule has 0 saturated heterocycles. The molecule has 0 aliphatic rings. The monoisotopic (exact) mass is 1810 g/mol. The van der Waals surface area contributed by atoms with Gasteiger partial charge in [0.05, 0.1) is 96.7 Å². The third-order valence-electron chi connectivity index (χ3n) is 20.3. The number of hydrogen-bond acceptors (Lipinski definition) is 26. The third-order valence-corrected chi connectivity index (χ3v) is 20.3. The molecule has 37 nitrogen and oxygen atoms in total. The Hall–Kier alpha value is -10.0. The maximum absolute atomic E-state index is 13.9. The molecule has 0 aliphatic heterocycles. The molecule has 2 aromatic carbocycles. The topological polar surface area (TPSA) is 530 Å². The molecule has 1 heterocycles. The molecule has 37 heteroatoms. The number of H-pyrrole nitrogens is 1. The molecule has 0 spiro atoms. The molecular formula is C91H140N8O29. The first-order valence-corrected chi connectivity index (χ1v) is 45.1. The number of carbonyl (C=O) groups excluding carboxylic acids is 11. The summed E-state index contributed by atoms with van der Waals surface area (Å²) < 4.78 is 54.9. The molecule has 1 aromatic heterocycles. The summed E-state index contributed by atoms with van der Waals surface area (Å²) in [7, 11) is 0. The van der Waals surface area contributed by atoms with Gasteiger partial charge in [-0.25, -0.2) is 24.2 Å². The van der Waals surface area contributed by atoms with E-state index in [-0.39, 0.29) is 259 Å². The lowest BCUT2D eigenvalue weighted by atomic mass is 9.84. The maximum Gasteiger partial charge on any atom is 0.335 e. The molecule has 6 amide bonds. The Morgan fingerprint density at radius 1 is 0.336 bits per heavy atom. The number of aryl methyl sites for hydroxylation is 1. The number of aromatic nitrogens is 2. The number of aromatic amines is 1. The van der Waals surface area contributed by atoms with Crippen molar-refractivity contribution in [3.8, 4) is 11.5 Å². The van der Waals surface area contributed by atoms with Crippen LogP contribution in [0.1, 0.15) is 245 Å². The minimum Gasteiger partial charge on any atom is -0.494 e. The van der Waals surface area contributed by atoms with E-state index in [0.717, 1.165) is 82.7 Å². The molecule has 0 bridgehead atoms. The van der Waals surface area contributed by atoms with Crippen molar-refractivity contribution in [3.05, 3.63) is 77.9 Å². The van der Waals surface area contributed by atoms with Crippen LogP contribution in [-0.2, 0) is 107 Å². The van der Waals surface area contributed by atoms with E-state index in [4.69, 9.17) is 57.6 Å². The van der Waals surface area contributed by atoms with Gasteiger partial charge in [-0.2, -0.15) is 0 Å². The largest absolute Gasteiger partial charge is 0.494 e. The molecule has 3 rings (SSSR count). The fourth-order valence-corrected chi connectivity index (χ4v) is 13.0. The highest BCUT2D eigenvalue weighted by Gasteiger charge is 2.28. The van der Waals surface area contributed by atoms with Gasteiger partial charge in [0.2, 0.25) is 35.4 Å². The van der Waals surface area contributed by atoms with Gasteiger partial charge in [0.15, 0.2) is 5.78 Å². The molecule has 718 valence electrons. The molecule has 0 saturated carbocycles. The van der Waals surface area contributed by atoms with Crippen LogP contribution in [0.5, 0.6) is 11.5 Å². The number of aromatic carboxylic acids is 2. The van der Waals surface area contributed by atoms with Gasteiger partial charge in [0.1, 0.15) is 73.1 Å². The van der Waals surface area contributed by atoms with Crippen LogP contribution in [-0.4, -0.2) is 276 Å². The minimum absolute atomic E-state index is 0.00841. The van der Waals surface area contributed by atoms with E-state index in [0.29, 0.717) is 108 Å². The normalized spacial score (nSPS) is 12.1. The van der Waals surface area contributed by atoms with E-state index >= 15 is 0 Å². The SMILES string of the molecule is CC(=O)[C@H](CCCCNC(=O)COCCOCCNC(=O)COCCOCCCC(=O)CC[C@H](NC(=O)CCCCCCCCCOc1ccc(C(=O)O)cc1)C(=O)O)CC(=O)[C@H](CCCCNC(=O)COCCOCCCC(=O)COCCOCCNC(=O)CC[C@H](NC(=O)CCCCCCCCCOc1ccc(C(=O)O)cc1)C(=O)O)CC(=O)CCc1cnc[nH]1. The number of ketones is 5. The van der Waals surface area contributed by atoms with E-state index in [2.05, 4.69) is 41.9 Å². The Morgan fingerprint density at radius 3 is 1.17 bits per heavy atom. The van der Waals surface area contributed by atoms with Crippen LogP contribution in [0.15, 0.2) is 61.1 Å².